The van der Waals surface area contributed by atoms with Crippen molar-refractivity contribution in [2.45, 2.75) is 26.7 Å². The van der Waals surface area contributed by atoms with Crippen molar-refractivity contribution in [2.24, 2.45) is 5.92 Å². The molecule has 1 aromatic rings. The maximum absolute atomic E-state index is 12.3. The molecule has 19 heavy (non-hydrogen) atoms. The maximum atomic E-state index is 12.3. The molecule has 106 valence electrons. The lowest BCUT2D eigenvalue weighted by Gasteiger charge is -2.30. The SMILES string of the molecule is Cc1cc(Br)ccc1NS(=O)(=O)N1CCCC(C)C1. The first-order valence-corrected chi connectivity index (χ1v) is 8.66. The van der Waals surface area contributed by atoms with Crippen LogP contribution in [0.15, 0.2) is 22.7 Å². The lowest BCUT2D eigenvalue weighted by Crippen LogP contribution is -2.42. The Morgan fingerprint density at radius 2 is 2.16 bits per heavy atom. The molecule has 0 spiro atoms. The largest absolute Gasteiger partial charge is 0.301 e. The van der Waals surface area contributed by atoms with Crippen molar-refractivity contribution in [1.29, 1.82) is 0 Å². The summed E-state index contributed by atoms with van der Waals surface area (Å²) >= 11 is 3.37. The van der Waals surface area contributed by atoms with E-state index in [1.165, 1.54) is 0 Å². The summed E-state index contributed by atoms with van der Waals surface area (Å²) in [7, 11) is -3.44. The van der Waals surface area contributed by atoms with Gasteiger partial charge in [0.1, 0.15) is 0 Å². The molecule has 1 aliphatic heterocycles. The highest BCUT2D eigenvalue weighted by Gasteiger charge is 2.27. The fraction of sp³-hybridized carbons (Fsp3) is 0.538. The van der Waals surface area contributed by atoms with E-state index in [9.17, 15) is 8.42 Å². The van der Waals surface area contributed by atoms with Crippen LogP contribution in [0.1, 0.15) is 25.3 Å². The summed E-state index contributed by atoms with van der Waals surface area (Å²) in [4.78, 5) is 0. The van der Waals surface area contributed by atoms with E-state index in [1.807, 2.05) is 19.1 Å². The number of nitrogens with zero attached hydrogens (tertiary/aromatic N) is 1. The van der Waals surface area contributed by atoms with Crippen molar-refractivity contribution in [2.75, 3.05) is 17.8 Å². The number of halogens is 1. The van der Waals surface area contributed by atoms with Crippen molar-refractivity contribution in [3.05, 3.63) is 28.2 Å². The van der Waals surface area contributed by atoms with Crippen LogP contribution in [0.5, 0.6) is 0 Å². The van der Waals surface area contributed by atoms with E-state index in [4.69, 9.17) is 0 Å². The molecule has 1 N–H and O–H groups in total. The van der Waals surface area contributed by atoms with Crippen molar-refractivity contribution < 1.29 is 8.42 Å². The van der Waals surface area contributed by atoms with Crippen LogP contribution < -0.4 is 4.72 Å². The molecule has 1 unspecified atom stereocenters. The van der Waals surface area contributed by atoms with Gasteiger partial charge in [-0.2, -0.15) is 12.7 Å². The third-order valence-electron chi connectivity index (χ3n) is 3.39. The summed E-state index contributed by atoms with van der Waals surface area (Å²) < 4.78 is 29.9. The fourth-order valence-corrected chi connectivity index (χ4v) is 4.24. The van der Waals surface area contributed by atoms with Crippen LogP contribution in [0.25, 0.3) is 0 Å². The van der Waals surface area contributed by atoms with E-state index < -0.39 is 10.2 Å². The number of anilines is 1. The number of hydrogen-bond donors (Lipinski definition) is 1. The number of piperidine rings is 1. The second-order valence-electron chi connectivity index (χ2n) is 5.17. The highest BCUT2D eigenvalue weighted by Crippen LogP contribution is 2.24. The van der Waals surface area contributed by atoms with Gasteiger partial charge < -0.3 is 0 Å². The Labute approximate surface area is 123 Å². The normalized spacial score (nSPS) is 21.3. The van der Waals surface area contributed by atoms with Gasteiger partial charge in [-0.15, -0.1) is 0 Å². The highest BCUT2D eigenvalue weighted by atomic mass is 79.9. The van der Waals surface area contributed by atoms with Crippen molar-refractivity contribution >= 4 is 31.8 Å². The first-order chi connectivity index (χ1) is 8.88. The highest BCUT2D eigenvalue weighted by molar-refractivity contribution is 9.10. The van der Waals surface area contributed by atoms with Crippen molar-refractivity contribution in [3.8, 4) is 0 Å². The molecule has 0 bridgehead atoms. The molecule has 1 aromatic carbocycles. The summed E-state index contributed by atoms with van der Waals surface area (Å²) in [6.45, 7) is 5.19. The molecule has 0 saturated carbocycles. The zero-order chi connectivity index (χ0) is 14.0. The molecule has 1 fully saturated rings. The van der Waals surface area contributed by atoms with E-state index in [1.54, 1.807) is 10.4 Å². The van der Waals surface area contributed by atoms with E-state index in [0.717, 1.165) is 22.9 Å². The van der Waals surface area contributed by atoms with Crippen LogP contribution in [0.3, 0.4) is 0 Å². The standard InChI is InChI=1S/C13H19BrN2O2S/c1-10-4-3-7-16(9-10)19(17,18)15-13-6-5-12(14)8-11(13)2/h5-6,8,10,15H,3-4,7,9H2,1-2H3. The van der Waals surface area contributed by atoms with Gasteiger partial charge in [-0.3, -0.25) is 4.72 Å². The average Bonchev–Trinajstić information content (AvgIpc) is 2.33. The Morgan fingerprint density at radius 3 is 2.79 bits per heavy atom. The van der Waals surface area contributed by atoms with Gasteiger partial charge >= 0.3 is 10.2 Å². The molecule has 1 saturated heterocycles. The van der Waals surface area contributed by atoms with E-state index >= 15 is 0 Å². The summed E-state index contributed by atoms with van der Waals surface area (Å²) in [5.74, 6) is 0.427. The Kier molecular flexibility index (Phi) is 4.53. The van der Waals surface area contributed by atoms with Crippen LogP contribution in [-0.2, 0) is 10.2 Å². The van der Waals surface area contributed by atoms with Gasteiger partial charge in [0.2, 0.25) is 0 Å². The Bertz CT molecular complexity index is 560. The quantitative estimate of drug-likeness (QED) is 0.913. The number of aryl methyl sites for hydroxylation is 1. The smallest absolute Gasteiger partial charge is 0.271 e. The minimum absolute atomic E-state index is 0.427. The molecule has 1 atom stereocenters. The zero-order valence-corrected chi connectivity index (χ0v) is 13.6. The number of rotatable bonds is 3. The van der Waals surface area contributed by atoms with Crippen molar-refractivity contribution in [1.82, 2.24) is 4.31 Å². The third kappa shape index (κ3) is 3.70. The number of nitrogens with one attached hydrogen (secondary N) is 1. The predicted octanol–water partition coefficient (Wildman–Crippen LogP) is 3.15. The lowest BCUT2D eigenvalue weighted by atomic mass is 10.0. The molecule has 0 radical (unpaired) electrons. The first kappa shape index (κ1) is 14.8. The van der Waals surface area contributed by atoms with Gasteiger partial charge in [0, 0.05) is 17.6 Å². The van der Waals surface area contributed by atoms with Gasteiger partial charge in [-0.1, -0.05) is 22.9 Å². The van der Waals surface area contributed by atoms with Gasteiger partial charge in [-0.25, -0.2) is 0 Å². The molecule has 2 rings (SSSR count). The number of benzene rings is 1. The van der Waals surface area contributed by atoms with Crippen molar-refractivity contribution in [3.63, 3.8) is 0 Å². The topological polar surface area (TPSA) is 49.4 Å². The van der Waals surface area contributed by atoms with Crippen LogP contribution in [0.2, 0.25) is 0 Å². The molecule has 4 nitrogen and oxygen atoms in total. The minimum atomic E-state index is -3.44. The van der Waals surface area contributed by atoms with E-state index in [0.29, 0.717) is 24.7 Å². The second kappa shape index (κ2) is 5.81. The van der Waals surface area contributed by atoms with Crippen LogP contribution in [-0.4, -0.2) is 25.8 Å². The second-order valence-corrected chi connectivity index (χ2v) is 7.76. The lowest BCUT2D eigenvalue weighted by molar-refractivity contribution is 0.282. The van der Waals surface area contributed by atoms with Crippen LogP contribution in [0.4, 0.5) is 5.69 Å². The van der Waals surface area contributed by atoms with Crippen LogP contribution in [0, 0.1) is 12.8 Å². The molecular weight excluding hydrogens is 328 g/mol. The molecule has 1 aliphatic rings. The van der Waals surface area contributed by atoms with Gasteiger partial charge in [-0.05, 0) is 49.4 Å². The maximum Gasteiger partial charge on any atom is 0.301 e. The monoisotopic (exact) mass is 346 g/mol. The Balaban J connectivity index is 2.16. The average molecular weight is 347 g/mol. The summed E-state index contributed by atoms with van der Waals surface area (Å²) in [6.07, 6.45) is 2.03. The first-order valence-electron chi connectivity index (χ1n) is 6.42. The molecule has 0 aromatic heterocycles. The third-order valence-corrected chi connectivity index (χ3v) is 5.37. The summed E-state index contributed by atoms with van der Waals surface area (Å²) in [6, 6.07) is 5.52. The van der Waals surface area contributed by atoms with Gasteiger partial charge in [0.05, 0.1) is 5.69 Å². The molecule has 1 heterocycles. The molecular formula is C13H19BrN2O2S. The predicted molar refractivity (Wildman–Crippen MR) is 81.4 cm³/mol. The summed E-state index contributed by atoms with van der Waals surface area (Å²) in [5, 5.41) is 0. The molecule has 0 aliphatic carbocycles. The Hall–Kier alpha value is -0.590. The Morgan fingerprint density at radius 1 is 1.42 bits per heavy atom. The summed E-state index contributed by atoms with van der Waals surface area (Å²) in [5.41, 5.74) is 1.55. The fourth-order valence-electron chi connectivity index (χ4n) is 2.31. The number of hydrogen-bond acceptors (Lipinski definition) is 2. The van der Waals surface area contributed by atoms with Gasteiger partial charge in [0.15, 0.2) is 0 Å². The molecule has 0 amide bonds. The van der Waals surface area contributed by atoms with Crippen LogP contribution >= 0.6 is 15.9 Å². The van der Waals surface area contributed by atoms with Gasteiger partial charge in [0.25, 0.3) is 0 Å². The van der Waals surface area contributed by atoms with E-state index in [2.05, 4.69) is 27.6 Å². The minimum Gasteiger partial charge on any atom is -0.271 e. The zero-order valence-electron chi connectivity index (χ0n) is 11.2. The van der Waals surface area contributed by atoms with E-state index in [-0.39, 0.29) is 0 Å². The molecule has 6 heteroatoms.